The van der Waals surface area contributed by atoms with Crippen molar-refractivity contribution in [2.75, 3.05) is 18.5 Å². The van der Waals surface area contributed by atoms with Crippen molar-refractivity contribution in [3.05, 3.63) is 65.7 Å². The van der Waals surface area contributed by atoms with E-state index in [2.05, 4.69) is 19.2 Å². The third-order valence-electron chi connectivity index (χ3n) is 4.44. The Kier molecular flexibility index (Phi) is 10.2. The molecule has 2 aromatic carbocycles. The molecule has 0 spiro atoms. The number of ether oxygens (including phenoxy) is 2. The zero-order chi connectivity index (χ0) is 21.6. The molecule has 0 aliphatic rings. The summed E-state index contributed by atoms with van der Waals surface area (Å²) in [5.74, 6) is 0.244. The van der Waals surface area contributed by atoms with Crippen LogP contribution in [0.2, 0.25) is 0 Å². The van der Waals surface area contributed by atoms with Crippen LogP contribution in [0.15, 0.2) is 54.6 Å². The van der Waals surface area contributed by atoms with Crippen LogP contribution in [-0.2, 0) is 9.53 Å². The number of hydrogen-bond donors (Lipinski definition) is 1. The van der Waals surface area contributed by atoms with E-state index in [0.717, 1.165) is 43.4 Å². The minimum absolute atomic E-state index is 0.242. The van der Waals surface area contributed by atoms with Gasteiger partial charge >= 0.3 is 5.97 Å². The summed E-state index contributed by atoms with van der Waals surface area (Å²) in [5, 5.41) is 2.78. The maximum Gasteiger partial charge on any atom is 0.338 e. The lowest BCUT2D eigenvalue weighted by atomic mass is 10.2. The summed E-state index contributed by atoms with van der Waals surface area (Å²) >= 11 is 0. The molecule has 0 unspecified atom stereocenters. The number of carbonyl (C=O) groups excluding carboxylic acids is 2. The topological polar surface area (TPSA) is 64.6 Å². The first-order valence-corrected chi connectivity index (χ1v) is 10.6. The molecule has 0 aromatic heterocycles. The zero-order valence-corrected chi connectivity index (χ0v) is 17.9. The molecular formula is C25H31NO4. The van der Waals surface area contributed by atoms with Gasteiger partial charge in [0.25, 0.3) is 0 Å². The van der Waals surface area contributed by atoms with Gasteiger partial charge in [-0.3, -0.25) is 4.79 Å². The van der Waals surface area contributed by atoms with Gasteiger partial charge in [0.15, 0.2) is 0 Å². The van der Waals surface area contributed by atoms with E-state index in [1.165, 1.54) is 6.08 Å². The van der Waals surface area contributed by atoms with Crippen LogP contribution in [-0.4, -0.2) is 25.1 Å². The molecule has 2 rings (SSSR count). The number of esters is 1. The molecule has 2 aromatic rings. The van der Waals surface area contributed by atoms with E-state index >= 15 is 0 Å². The summed E-state index contributed by atoms with van der Waals surface area (Å²) in [5.41, 5.74) is 2.00. The Morgan fingerprint density at radius 1 is 0.867 bits per heavy atom. The molecule has 0 bridgehead atoms. The molecule has 0 aliphatic carbocycles. The monoisotopic (exact) mass is 409 g/mol. The summed E-state index contributed by atoms with van der Waals surface area (Å²) in [4.78, 5) is 24.1. The Hall–Kier alpha value is -3.08. The number of hydrogen-bond acceptors (Lipinski definition) is 4. The maximum atomic E-state index is 12.1. The van der Waals surface area contributed by atoms with E-state index < -0.39 is 0 Å². The second-order valence-corrected chi connectivity index (χ2v) is 7.01. The summed E-state index contributed by atoms with van der Waals surface area (Å²) in [6.07, 6.45) is 8.35. The number of rotatable bonds is 12. The van der Waals surface area contributed by atoms with E-state index in [-0.39, 0.29) is 11.9 Å². The van der Waals surface area contributed by atoms with Gasteiger partial charge in [0, 0.05) is 11.8 Å². The molecule has 5 heteroatoms. The standard InChI is InChI=1S/C25H31NO4/c1-3-5-7-19-30-25(28)21-11-13-22(14-12-21)26-24(27)17-10-20-8-15-23(16-9-20)29-18-6-4-2/h8-17H,3-7,18-19H2,1-2H3,(H,26,27)/b17-10+. The molecule has 160 valence electrons. The Labute approximate surface area is 179 Å². The Morgan fingerprint density at radius 2 is 1.57 bits per heavy atom. The first kappa shape index (κ1) is 23.2. The largest absolute Gasteiger partial charge is 0.494 e. The van der Waals surface area contributed by atoms with Crippen molar-refractivity contribution in [2.45, 2.75) is 46.0 Å². The van der Waals surface area contributed by atoms with Gasteiger partial charge in [-0.05, 0) is 60.9 Å². The first-order chi connectivity index (χ1) is 14.6. The number of benzene rings is 2. The summed E-state index contributed by atoms with van der Waals surface area (Å²) < 4.78 is 10.9. The smallest absolute Gasteiger partial charge is 0.338 e. The lowest BCUT2D eigenvalue weighted by Crippen LogP contribution is -2.09. The third-order valence-corrected chi connectivity index (χ3v) is 4.44. The fourth-order valence-electron chi connectivity index (χ4n) is 2.66. The highest BCUT2D eigenvalue weighted by atomic mass is 16.5. The summed E-state index contributed by atoms with van der Waals surface area (Å²) in [7, 11) is 0. The van der Waals surface area contributed by atoms with Crippen molar-refractivity contribution in [3.8, 4) is 5.75 Å². The van der Waals surface area contributed by atoms with Crippen molar-refractivity contribution in [2.24, 2.45) is 0 Å². The number of carbonyl (C=O) groups is 2. The van der Waals surface area contributed by atoms with Crippen LogP contribution >= 0.6 is 0 Å². The zero-order valence-electron chi connectivity index (χ0n) is 17.9. The Morgan fingerprint density at radius 3 is 2.23 bits per heavy atom. The average molecular weight is 410 g/mol. The van der Waals surface area contributed by atoms with Gasteiger partial charge < -0.3 is 14.8 Å². The van der Waals surface area contributed by atoms with Crippen molar-refractivity contribution in [3.63, 3.8) is 0 Å². The molecule has 0 fully saturated rings. The number of nitrogens with one attached hydrogen (secondary N) is 1. The van der Waals surface area contributed by atoms with E-state index in [1.807, 2.05) is 24.3 Å². The van der Waals surface area contributed by atoms with Crippen molar-refractivity contribution in [1.82, 2.24) is 0 Å². The van der Waals surface area contributed by atoms with E-state index in [0.29, 0.717) is 24.5 Å². The second-order valence-electron chi connectivity index (χ2n) is 7.01. The highest BCUT2D eigenvalue weighted by Crippen LogP contribution is 2.14. The molecule has 1 N–H and O–H groups in total. The molecule has 0 aliphatic heterocycles. The quantitative estimate of drug-likeness (QED) is 0.271. The Balaban J connectivity index is 1.80. The van der Waals surface area contributed by atoms with Crippen LogP contribution in [0.3, 0.4) is 0 Å². The van der Waals surface area contributed by atoms with Crippen LogP contribution in [0.1, 0.15) is 61.9 Å². The lowest BCUT2D eigenvalue weighted by molar-refractivity contribution is -0.111. The van der Waals surface area contributed by atoms with Gasteiger partial charge in [-0.25, -0.2) is 4.79 Å². The summed E-state index contributed by atoms with van der Waals surface area (Å²) in [6.45, 7) is 5.37. The second kappa shape index (κ2) is 13.2. The number of amides is 1. The molecule has 30 heavy (non-hydrogen) atoms. The van der Waals surface area contributed by atoms with Crippen LogP contribution < -0.4 is 10.1 Å². The van der Waals surface area contributed by atoms with Crippen LogP contribution in [0, 0.1) is 0 Å². The van der Waals surface area contributed by atoms with Gasteiger partial charge in [-0.15, -0.1) is 0 Å². The highest BCUT2D eigenvalue weighted by Gasteiger charge is 2.07. The molecule has 0 radical (unpaired) electrons. The molecular weight excluding hydrogens is 378 g/mol. The number of anilines is 1. The molecule has 0 atom stereocenters. The minimum Gasteiger partial charge on any atom is -0.494 e. The molecule has 0 heterocycles. The Bertz CT molecular complexity index is 810. The lowest BCUT2D eigenvalue weighted by Gasteiger charge is -2.06. The van der Waals surface area contributed by atoms with E-state index in [1.54, 1.807) is 30.3 Å². The minimum atomic E-state index is -0.342. The van der Waals surface area contributed by atoms with Crippen molar-refractivity contribution >= 4 is 23.6 Å². The fraction of sp³-hybridized carbons (Fsp3) is 0.360. The normalized spacial score (nSPS) is 10.7. The van der Waals surface area contributed by atoms with E-state index in [4.69, 9.17) is 9.47 Å². The van der Waals surface area contributed by atoms with Gasteiger partial charge in [0.05, 0.1) is 18.8 Å². The van der Waals surface area contributed by atoms with Crippen molar-refractivity contribution in [1.29, 1.82) is 0 Å². The van der Waals surface area contributed by atoms with Gasteiger partial charge in [-0.2, -0.15) is 0 Å². The van der Waals surface area contributed by atoms with Crippen LogP contribution in [0.4, 0.5) is 5.69 Å². The van der Waals surface area contributed by atoms with Gasteiger partial charge in [-0.1, -0.05) is 45.2 Å². The third kappa shape index (κ3) is 8.52. The number of unbranched alkanes of at least 4 members (excludes halogenated alkanes) is 3. The fourth-order valence-corrected chi connectivity index (χ4v) is 2.66. The predicted molar refractivity (Wildman–Crippen MR) is 121 cm³/mol. The first-order valence-electron chi connectivity index (χ1n) is 10.6. The SMILES string of the molecule is CCCCCOC(=O)c1ccc(NC(=O)/C=C/c2ccc(OCCCC)cc2)cc1. The molecule has 0 saturated heterocycles. The summed E-state index contributed by atoms with van der Waals surface area (Å²) in [6, 6.07) is 14.3. The molecule has 0 saturated carbocycles. The van der Waals surface area contributed by atoms with E-state index in [9.17, 15) is 9.59 Å². The van der Waals surface area contributed by atoms with Crippen LogP contribution in [0.5, 0.6) is 5.75 Å². The van der Waals surface area contributed by atoms with Gasteiger partial charge in [0.2, 0.25) is 5.91 Å². The van der Waals surface area contributed by atoms with Crippen LogP contribution in [0.25, 0.3) is 6.08 Å². The molecule has 5 nitrogen and oxygen atoms in total. The highest BCUT2D eigenvalue weighted by molar-refractivity contribution is 6.02. The molecule has 1 amide bonds. The van der Waals surface area contributed by atoms with Crippen molar-refractivity contribution < 1.29 is 19.1 Å². The van der Waals surface area contributed by atoms with Gasteiger partial charge in [0.1, 0.15) is 5.75 Å². The average Bonchev–Trinajstić information content (AvgIpc) is 2.77. The maximum absolute atomic E-state index is 12.1. The predicted octanol–water partition coefficient (Wildman–Crippen LogP) is 5.86.